The van der Waals surface area contributed by atoms with Crippen LogP contribution in [0, 0.1) is 0 Å². The zero-order valence-electron chi connectivity index (χ0n) is 11.6. The summed E-state index contributed by atoms with van der Waals surface area (Å²) in [6.07, 6.45) is 2.55. The van der Waals surface area contributed by atoms with Gasteiger partial charge in [0.15, 0.2) is 0 Å². The molecule has 20 heavy (non-hydrogen) atoms. The average Bonchev–Trinajstić information content (AvgIpc) is 2.85. The first-order chi connectivity index (χ1) is 9.65. The third-order valence-corrected chi connectivity index (χ3v) is 4.12. The predicted molar refractivity (Wildman–Crippen MR) is 76.8 cm³/mol. The molecule has 0 radical (unpaired) electrons. The minimum atomic E-state index is -0.00515. The maximum absolute atomic E-state index is 12.5. The van der Waals surface area contributed by atoms with E-state index in [0.717, 1.165) is 37.2 Å². The first-order valence-electron chi connectivity index (χ1n) is 7.06. The van der Waals surface area contributed by atoms with Gasteiger partial charge in [-0.1, -0.05) is 6.07 Å². The Hall–Kier alpha value is -1.88. The molecule has 3 rings (SSSR count). The number of likely N-dealkylation sites (N-methyl/N-ethyl adjacent to an activating group) is 1. The molecule has 2 N–H and O–H groups in total. The van der Waals surface area contributed by atoms with Gasteiger partial charge in [0.1, 0.15) is 0 Å². The fourth-order valence-corrected chi connectivity index (χ4v) is 2.88. The second kappa shape index (κ2) is 5.25. The molecule has 2 amide bonds. The maximum Gasteiger partial charge on any atom is 0.253 e. The predicted octanol–water partition coefficient (Wildman–Crippen LogP) is 1.01. The van der Waals surface area contributed by atoms with Crippen LogP contribution >= 0.6 is 0 Å². The van der Waals surface area contributed by atoms with Crippen LogP contribution in [0.1, 0.15) is 28.8 Å². The lowest BCUT2D eigenvalue weighted by atomic mass is 10.0. The van der Waals surface area contributed by atoms with Crippen LogP contribution in [-0.4, -0.2) is 42.9 Å². The number of hydrogen-bond donors (Lipinski definition) is 2. The lowest BCUT2D eigenvalue weighted by Gasteiger charge is -2.31. The van der Waals surface area contributed by atoms with Crippen molar-refractivity contribution in [3.05, 3.63) is 29.3 Å². The van der Waals surface area contributed by atoms with Gasteiger partial charge in [0.2, 0.25) is 5.91 Å². The van der Waals surface area contributed by atoms with Gasteiger partial charge in [0, 0.05) is 30.9 Å². The second-order valence-electron chi connectivity index (χ2n) is 5.51. The quantitative estimate of drug-likeness (QED) is 0.845. The van der Waals surface area contributed by atoms with Crippen molar-refractivity contribution in [3.8, 4) is 0 Å². The van der Waals surface area contributed by atoms with Gasteiger partial charge in [-0.15, -0.1) is 0 Å². The molecule has 0 saturated carbocycles. The van der Waals surface area contributed by atoms with E-state index < -0.39 is 0 Å². The van der Waals surface area contributed by atoms with Crippen LogP contribution < -0.4 is 10.6 Å². The van der Waals surface area contributed by atoms with Crippen LogP contribution in [-0.2, 0) is 11.2 Å². The average molecular weight is 273 g/mol. The number of rotatable bonds is 2. The molecular formula is C15H19N3O2. The van der Waals surface area contributed by atoms with E-state index >= 15 is 0 Å². The Balaban J connectivity index is 1.77. The molecule has 0 aliphatic carbocycles. The van der Waals surface area contributed by atoms with Crippen molar-refractivity contribution >= 4 is 17.5 Å². The van der Waals surface area contributed by atoms with E-state index in [-0.39, 0.29) is 17.9 Å². The van der Waals surface area contributed by atoms with Crippen LogP contribution in [0.5, 0.6) is 0 Å². The highest BCUT2D eigenvalue weighted by Crippen LogP contribution is 2.25. The molecule has 2 aliphatic rings. The summed E-state index contributed by atoms with van der Waals surface area (Å²) in [5, 5.41) is 6.11. The molecule has 1 atom stereocenters. The Kier molecular flexibility index (Phi) is 3.44. The van der Waals surface area contributed by atoms with Crippen LogP contribution in [0.2, 0.25) is 0 Å². The highest BCUT2D eigenvalue weighted by atomic mass is 16.2. The number of carbonyl (C=O) groups is 2. The third kappa shape index (κ3) is 2.41. The number of amides is 2. The number of nitrogens with one attached hydrogen (secondary N) is 2. The summed E-state index contributed by atoms with van der Waals surface area (Å²) in [5.74, 6) is 0.0112. The first-order valence-corrected chi connectivity index (χ1v) is 7.06. The van der Waals surface area contributed by atoms with Crippen LogP contribution in [0.15, 0.2) is 18.2 Å². The van der Waals surface area contributed by atoms with E-state index in [4.69, 9.17) is 0 Å². The van der Waals surface area contributed by atoms with E-state index in [0.29, 0.717) is 12.0 Å². The normalized spacial score (nSPS) is 21.2. The molecule has 1 aromatic rings. The lowest BCUT2D eigenvalue weighted by molar-refractivity contribution is -0.115. The van der Waals surface area contributed by atoms with Crippen molar-refractivity contribution in [1.29, 1.82) is 0 Å². The van der Waals surface area contributed by atoms with Crippen LogP contribution in [0.3, 0.4) is 0 Å². The lowest BCUT2D eigenvalue weighted by Crippen LogP contribution is -2.46. The fourth-order valence-electron chi connectivity index (χ4n) is 2.88. The van der Waals surface area contributed by atoms with Gasteiger partial charge >= 0.3 is 0 Å². The molecule has 0 bridgehead atoms. The minimum Gasteiger partial charge on any atom is -0.337 e. The Bertz CT molecular complexity index is 550. The van der Waals surface area contributed by atoms with E-state index in [1.54, 1.807) is 6.07 Å². The van der Waals surface area contributed by atoms with Gasteiger partial charge in [-0.05, 0) is 37.1 Å². The molecule has 1 fully saturated rings. The second-order valence-corrected chi connectivity index (χ2v) is 5.51. The molecule has 5 heteroatoms. The first kappa shape index (κ1) is 13.1. The van der Waals surface area contributed by atoms with Gasteiger partial charge in [0.05, 0.1) is 6.42 Å². The van der Waals surface area contributed by atoms with Gasteiger partial charge < -0.3 is 15.5 Å². The summed E-state index contributed by atoms with van der Waals surface area (Å²) in [5.41, 5.74) is 2.38. The zero-order chi connectivity index (χ0) is 14.1. The monoisotopic (exact) mass is 273 g/mol. The summed E-state index contributed by atoms with van der Waals surface area (Å²) in [7, 11) is 1.85. The van der Waals surface area contributed by atoms with Crippen molar-refractivity contribution in [2.45, 2.75) is 25.3 Å². The summed E-state index contributed by atoms with van der Waals surface area (Å²) in [6, 6.07) is 5.72. The summed E-state index contributed by atoms with van der Waals surface area (Å²) < 4.78 is 0. The Morgan fingerprint density at radius 2 is 2.25 bits per heavy atom. The highest BCUT2D eigenvalue weighted by molar-refractivity contribution is 6.02. The smallest absolute Gasteiger partial charge is 0.253 e. The van der Waals surface area contributed by atoms with Crippen molar-refractivity contribution in [2.75, 3.05) is 25.5 Å². The molecule has 0 spiro atoms. The topological polar surface area (TPSA) is 61.4 Å². The fraction of sp³-hybridized carbons (Fsp3) is 0.467. The van der Waals surface area contributed by atoms with Gasteiger partial charge in [-0.25, -0.2) is 0 Å². The van der Waals surface area contributed by atoms with Crippen LogP contribution in [0.25, 0.3) is 0 Å². The van der Waals surface area contributed by atoms with Crippen LogP contribution in [0.4, 0.5) is 5.69 Å². The standard InChI is InChI=1S/C15H19N3O2/c1-18(12-3-2-6-16-9-12)15(20)11-5-4-10-8-14(19)17-13(10)7-11/h4-5,7,12,16H,2-3,6,8-9H2,1H3,(H,17,19). The Labute approximate surface area is 118 Å². The minimum absolute atomic E-state index is 0.00515. The summed E-state index contributed by atoms with van der Waals surface area (Å²) >= 11 is 0. The largest absolute Gasteiger partial charge is 0.337 e. The van der Waals surface area contributed by atoms with E-state index in [2.05, 4.69) is 10.6 Å². The number of piperidine rings is 1. The molecule has 0 aromatic heterocycles. The molecule has 2 aliphatic heterocycles. The molecule has 2 heterocycles. The Morgan fingerprint density at radius 3 is 3.00 bits per heavy atom. The number of nitrogens with zero attached hydrogens (tertiary/aromatic N) is 1. The number of anilines is 1. The van der Waals surface area contributed by atoms with Crippen molar-refractivity contribution in [3.63, 3.8) is 0 Å². The summed E-state index contributed by atoms with van der Waals surface area (Å²) in [6.45, 7) is 1.88. The molecule has 1 aromatic carbocycles. The number of benzene rings is 1. The van der Waals surface area contributed by atoms with E-state index in [1.807, 2.05) is 24.1 Å². The van der Waals surface area contributed by atoms with Crippen molar-refractivity contribution in [1.82, 2.24) is 10.2 Å². The highest BCUT2D eigenvalue weighted by Gasteiger charge is 2.24. The molecule has 5 nitrogen and oxygen atoms in total. The van der Waals surface area contributed by atoms with Gasteiger partial charge in [-0.3, -0.25) is 9.59 Å². The molecular weight excluding hydrogens is 254 g/mol. The number of fused-ring (bicyclic) bond motifs is 1. The molecule has 106 valence electrons. The molecule has 1 saturated heterocycles. The van der Waals surface area contributed by atoms with E-state index in [1.165, 1.54) is 0 Å². The van der Waals surface area contributed by atoms with Gasteiger partial charge in [0.25, 0.3) is 5.91 Å². The maximum atomic E-state index is 12.5. The van der Waals surface area contributed by atoms with Gasteiger partial charge in [-0.2, -0.15) is 0 Å². The van der Waals surface area contributed by atoms with E-state index in [9.17, 15) is 9.59 Å². The number of hydrogen-bond acceptors (Lipinski definition) is 3. The Morgan fingerprint density at radius 1 is 1.40 bits per heavy atom. The zero-order valence-corrected chi connectivity index (χ0v) is 11.6. The third-order valence-electron chi connectivity index (χ3n) is 4.12. The SMILES string of the molecule is CN(C(=O)c1ccc2c(c1)NC(=O)C2)C1CCCNC1. The number of carbonyl (C=O) groups excluding carboxylic acids is 2. The molecule has 1 unspecified atom stereocenters. The van der Waals surface area contributed by atoms with Crippen molar-refractivity contribution < 1.29 is 9.59 Å². The summed E-state index contributed by atoms with van der Waals surface area (Å²) in [4.78, 5) is 25.7. The van der Waals surface area contributed by atoms with Crippen molar-refractivity contribution in [2.24, 2.45) is 0 Å².